The second kappa shape index (κ2) is 11.6. The molecule has 8 heteroatoms. The number of esters is 1. The van der Waals surface area contributed by atoms with Crippen molar-refractivity contribution in [1.82, 2.24) is 9.88 Å². The highest BCUT2D eigenvalue weighted by Crippen LogP contribution is 2.36. The maximum Gasteiger partial charge on any atom is 0.341 e. The second-order valence-corrected chi connectivity index (χ2v) is 9.87. The highest BCUT2D eigenvalue weighted by Gasteiger charge is 2.29. The number of nitrogens with one attached hydrogen (secondary N) is 1. The Balaban J connectivity index is 1.81. The van der Waals surface area contributed by atoms with E-state index in [0.717, 1.165) is 22.5 Å². The number of aryl methyl sites for hydroxylation is 1. The predicted octanol–water partition coefficient (Wildman–Crippen LogP) is 6.49. The average molecular weight is 530 g/mol. The maximum atomic E-state index is 13.8. The smallest absolute Gasteiger partial charge is 0.341 e. The van der Waals surface area contributed by atoms with Crippen molar-refractivity contribution in [1.29, 1.82) is 0 Å². The van der Waals surface area contributed by atoms with Crippen LogP contribution < -0.4 is 5.32 Å². The monoisotopic (exact) mass is 529 g/mol. The van der Waals surface area contributed by atoms with Gasteiger partial charge in [0.2, 0.25) is 0 Å². The van der Waals surface area contributed by atoms with E-state index in [1.54, 1.807) is 24.8 Å². The van der Waals surface area contributed by atoms with Gasteiger partial charge in [0.25, 0.3) is 11.8 Å². The molecule has 196 valence electrons. The molecule has 0 bridgehead atoms. The molecule has 0 atom stereocenters. The number of anilines is 1. The van der Waals surface area contributed by atoms with E-state index in [1.807, 2.05) is 69.3 Å². The van der Waals surface area contributed by atoms with Gasteiger partial charge in [-0.3, -0.25) is 9.59 Å². The van der Waals surface area contributed by atoms with E-state index in [2.05, 4.69) is 5.32 Å². The normalized spacial score (nSPS) is 10.9. The number of amides is 2. The number of carbonyl (C=O) groups excluding carboxylic acids is 3. The highest BCUT2D eigenvalue weighted by molar-refractivity contribution is 7.18. The molecule has 7 nitrogen and oxygen atoms in total. The van der Waals surface area contributed by atoms with Crippen LogP contribution in [0.4, 0.5) is 5.00 Å². The van der Waals surface area contributed by atoms with Crippen molar-refractivity contribution in [3.8, 4) is 11.3 Å². The topological polar surface area (TPSA) is 88.6 Å². The largest absolute Gasteiger partial charge is 0.462 e. The number of hydrogen-bond donors (Lipinski definition) is 1. The van der Waals surface area contributed by atoms with E-state index < -0.39 is 11.9 Å². The van der Waals surface area contributed by atoms with Crippen LogP contribution in [-0.2, 0) is 4.74 Å². The zero-order valence-electron chi connectivity index (χ0n) is 22.3. The summed E-state index contributed by atoms with van der Waals surface area (Å²) in [5, 5.41) is 3.90. The van der Waals surface area contributed by atoms with Crippen LogP contribution >= 0.6 is 11.3 Å². The number of thiophene rings is 1. The molecule has 0 unspecified atom stereocenters. The Hall–Kier alpha value is -4.04. The van der Waals surface area contributed by atoms with E-state index in [0.29, 0.717) is 50.7 Å². The zero-order valence-corrected chi connectivity index (χ0v) is 23.1. The van der Waals surface area contributed by atoms with Gasteiger partial charge in [0.1, 0.15) is 5.00 Å². The van der Waals surface area contributed by atoms with Crippen LogP contribution in [0.5, 0.6) is 0 Å². The van der Waals surface area contributed by atoms with Crippen LogP contribution in [0.1, 0.15) is 62.3 Å². The van der Waals surface area contributed by atoms with Gasteiger partial charge in [0.05, 0.1) is 33.8 Å². The van der Waals surface area contributed by atoms with Crippen LogP contribution in [0.15, 0.2) is 54.6 Å². The molecule has 4 rings (SSSR count). The molecule has 38 heavy (non-hydrogen) atoms. The summed E-state index contributed by atoms with van der Waals surface area (Å²) >= 11 is 1.10. The van der Waals surface area contributed by atoms with E-state index in [-0.39, 0.29) is 18.1 Å². The minimum Gasteiger partial charge on any atom is -0.462 e. The van der Waals surface area contributed by atoms with E-state index in [4.69, 9.17) is 9.72 Å². The first-order valence-corrected chi connectivity index (χ1v) is 13.5. The fraction of sp³-hybridized carbons (Fsp3) is 0.267. The summed E-state index contributed by atoms with van der Waals surface area (Å²) in [6.45, 7) is 10.5. The molecule has 4 aromatic rings. The molecule has 2 heterocycles. The molecule has 0 saturated heterocycles. The predicted molar refractivity (Wildman–Crippen MR) is 152 cm³/mol. The van der Waals surface area contributed by atoms with Gasteiger partial charge in [-0.25, -0.2) is 9.78 Å². The summed E-state index contributed by atoms with van der Waals surface area (Å²) in [7, 11) is 0. The lowest BCUT2D eigenvalue weighted by Gasteiger charge is -2.18. The number of pyridine rings is 1. The van der Waals surface area contributed by atoms with Gasteiger partial charge in [0.15, 0.2) is 0 Å². The van der Waals surface area contributed by atoms with Crippen molar-refractivity contribution in [2.24, 2.45) is 0 Å². The van der Waals surface area contributed by atoms with Crippen molar-refractivity contribution in [3.05, 3.63) is 81.7 Å². The van der Waals surface area contributed by atoms with Crippen molar-refractivity contribution < 1.29 is 19.1 Å². The van der Waals surface area contributed by atoms with Crippen LogP contribution in [0, 0.1) is 13.8 Å². The highest BCUT2D eigenvalue weighted by atomic mass is 32.1. The Kier molecular flexibility index (Phi) is 8.22. The number of aromatic nitrogens is 1. The first-order chi connectivity index (χ1) is 18.3. The van der Waals surface area contributed by atoms with Crippen molar-refractivity contribution in [2.75, 3.05) is 25.0 Å². The van der Waals surface area contributed by atoms with Crippen molar-refractivity contribution >= 4 is 45.0 Å². The lowest BCUT2D eigenvalue weighted by Crippen LogP contribution is -2.30. The number of fused-ring (bicyclic) bond motifs is 1. The first-order valence-electron chi connectivity index (χ1n) is 12.7. The first kappa shape index (κ1) is 27.0. The molecular weight excluding hydrogens is 498 g/mol. The quantitative estimate of drug-likeness (QED) is 0.264. The number of carbonyl (C=O) groups is 3. The third kappa shape index (κ3) is 5.31. The number of para-hydroxylation sites is 1. The molecule has 1 N–H and O–H groups in total. The van der Waals surface area contributed by atoms with Crippen LogP contribution in [0.2, 0.25) is 0 Å². The van der Waals surface area contributed by atoms with Gasteiger partial charge in [-0.1, -0.05) is 42.0 Å². The molecule has 0 fully saturated rings. The lowest BCUT2D eigenvalue weighted by molar-refractivity contribution is 0.0527. The summed E-state index contributed by atoms with van der Waals surface area (Å²) in [6.07, 6.45) is 0. The van der Waals surface area contributed by atoms with E-state index in [9.17, 15) is 14.4 Å². The SMILES string of the molecule is CCOC(=O)c1c(NC(=O)c2cc(-c3cccc(C)c3)nc3ccccc23)sc(C(=O)N(CC)CC)c1C. The molecule has 0 aliphatic rings. The van der Waals surface area contributed by atoms with Crippen LogP contribution in [0.3, 0.4) is 0 Å². The van der Waals surface area contributed by atoms with Gasteiger partial charge in [-0.15, -0.1) is 11.3 Å². The third-order valence-electron chi connectivity index (χ3n) is 6.37. The lowest BCUT2D eigenvalue weighted by atomic mass is 10.0. The number of benzene rings is 2. The summed E-state index contributed by atoms with van der Waals surface area (Å²) in [5.74, 6) is -1.15. The molecule has 0 aliphatic heterocycles. The number of hydrogen-bond acceptors (Lipinski definition) is 6. The molecule has 0 saturated carbocycles. The second-order valence-electron chi connectivity index (χ2n) is 8.85. The van der Waals surface area contributed by atoms with Crippen molar-refractivity contribution in [3.63, 3.8) is 0 Å². The average Bonchev–Trinajstić information content (AvgIpc) is 3.24. The van der Waals surface area contributed by atoms with Crippen LogP contribution in [-0.4, -0.2) is 47.4 Å². The number of ether oxygens (including phenoxy) is 1. The molecule has 2 amide bonds. The standard InChI is InChI=1S/C30H31N3O4S/c1-6-33(7-2)29(35)26-19(5)25(30(36)37-8-3)28(38-26)32-27(34)22-17-24(20-13-11-12-18(4)16-20)31-23-15-10-9-14-21(22)23/h9-17H,6-8H2,1-5H3,(H,32,34). The number of nitrogens with zero attached hydrogens (tertiary/aromatic N) is 2. The van der Waals surface area contributed by atoms with Gasteiger partial charge < -0.3 is 15.0 Å². The Bertz CT molecular complexity index is 1520. The van der Waals surface area contributed by atoms with Gasteiger partial charge >= 0.3 is 5.97 Å². The Labute approximate surface area is 226 Å². The Morgan fingerprint density at radius 1 is 0.974 bits per heavy atom. The van der Waals surface area contributed by atoms with Crippen molar-refractivity contribution in [2.45, 2.75) is 34.6 Å². The summed E-state index contributed by atoms with van der Waals surface area (Å²) in [5.41, 5.74) is 4.46. The minimum atomic E-state index is -0.574. The molecule has 2 aromatic carbocycles. The summed E-state index contributed by atoms with van der Waals surface area (Å²) in [6, 6.07) is 17.1. The molecule has 0 aliphatic carbocycles. The Morgan fingerprint density at radius 2 is 1.71 bits per heavy atom. The molecular formula is C30H31N3O4S. The molecule has 0 radical (unpaired) electrons. The third-order valence-corrected chi connectivity index (χ3v) is 7.57. The zero-order chi connectivity index (χ0) is 27.4. The van der Waals surface area contributed by atoms with Gasteiger partial charge in [-0.05, 0) is 58.4 Å². The fourth-order valence-corrected chi connectivity index (χ4v) is 5.55. The van der Waals surface area contributed by atoms with Gasteiger partial charge in [0, 0.05) is 24.0 Å². The molecule has 2 aromatic heterocycles. The molecule has 0 spiro atoms. The van der Waals surface area contributed by atoms with E-state index in [1.165, 1.54) is 0 Å². The Morgan fingerprint density at radius 3 is 2.39 bits per heavy atom. The maximum absolute atomic E-state index is 13.8. The summed E-state index contributed by atoms with van der Waals surface area (Å²) in [4.78, 5) is 46.8. The fourth-order valence-electron chi connectivity index (χ4n) is 4.40. The summed E-state index contributed by atoms with van der Waals surface area (Å²) < 4.78 is 5.28. The number of rotatable bonds is 8. The van der Waals surface area contributed by atoms with E-state index >= 15 is 0 Å². The minimum absolute atomic E-state index is 0.176. The van der Waals surface area contributed by atoms with Gasteiger partial charge in [-0.2, -0.15) is 0 Å². The van der Waals surface area contributed by atoms with Crippen LogP contribution in [0.25, 0.3) is 22.2 Å².